The van der Waals surface area contributed by atoms with E-state index in [1.165, 1.54) is 29.0 Å². The van der Waals surface area contributed by atoms with Crippen molar-refractivity contribution in [1.29, 1.82) is 0 Å². The van der Waals surface area contributed by atoms with Crippen molar-refractivity contribution in [2.75, 3.05) is 27.7 Å². The molecular weight excluding hydrogens is 286 g/mol. The van der Waals surface area contributed by atoms with Crippen molar-refractivity contribution in [2.45, 2.75) is 0 Å². The largest absolute Gasteiger partial charge is 0.347 e. The maximum absolute atomic E-state index is 12.1. The summed E-state index contributed by atoms with van der Waals surface area (Å²) in [4.78, 5) is 36.2. The Kier molecular flexibility index (Phi) is 5.04. The first kappa shape index (κ1) is 15.9. The number of halogens is 1. The number of hydrogen-bond acceptors (Lipinski definition) is 4. The molecule has 0 unspecified atom stereocenters. The first-order valence-electron chi connectivity index (χ1n) is 5.63. The lowest BCUT2D eigenvalue weighted by Gasteiger charge is -2.19. The highest BCUT2D eigenvalue weighted by molar-refractivity contribution is 6.34. The van der Waals surface area contributed by atoms with Crippen LogP contribution in [-0.2, 0) is 4.79 Å². The van der Waals surface area contributed by atoms with Crippen LogP contribution >= 0.6 is 11.6 Å². The minimum absolute atomic E-state index is 0.0200. The Morgan fingerprint density at radius 2 is 1.90 bits per heavy atom. The van der Waals surface area contributed by atoms with Gasteiger partial charge in [0.1, 0.15) is 0 Å². The van der Waals surface area contributed by atoms with Crippen LogP contribution < -0.4 is 0 Å². The van der Waals surface area contributed by atoms with Crippen molar-refractivity contribution in [3.8, 4) is 0 Å². The van der Waals surface area contributed by atoms with Gasteiger partial charge in [-0.05, 0) is 6.07 Å². The second kappa shape index (κ2) is 6.33. The number of carbonyl (C=O) groups is 2. The molecule has 0 heterocycles. The third kappa shape index (κ3) is 3.67. The van der Waals surface area contributed by atoms with E-state index in [1.54, 1.807) is 14.1 Å². The van der Waals surface area contributed by atoms with E-state index < -0.39 is 10.8 Å². The zero-order valence-corrected chi connectivity index (χ0v) is 12.0. The highest BCUT2D eigenvalue weighted by Gasteiger charge is 2.20. The van der Waals surface area contributed by atoms with Crippen LogP contribution in [0, 0.1) is 10.1 Å². The number of non-ortho nitro benzene ring substituents is 1. The lowest BCUT2D eigenvalue weighted by atomic mass is 10.2. The molecule has 1 rings (SSSR count). The van der Waals surface area contributed by atoms with Gasteiger partial charge < -0.3 is 9.80 Å². The Balaban J connectivity index is 2.92. The molecule has 0 saturated carbocycles. The van der Waals surface area contributed by atoms with Gasteiger partial charge in [0.2, 0.25) is 5.91 Å². The number of nitrogens with zero attached hydrogens (tertiary/aromatic N) is 3. The summed E-state index contributed by atoms with van der Waals surface area (Å²) in [5.74, 6) is -0.709. The molecule has 108 valence electrons. The lowest BCUT2D eigenvalue weighted by molar-refractivity contribution is -0.384. The van der Waals surface area contributed by atoms with Gasteiger partial charge in [-0.15, -0.1) is 0 Å². The minimum Gasteiger partial charge on any atom is -0.347 e. The monoisotopic (exact) mass is 299 g/mol. The van der Waals surface area contributed by atoms with Gasteiger partial charge in [0.05, 0.1) is 22.1 Å². The number of rotatable bonds is 4. The maximum Gasteiger partial charge on any atom is 0.270 e. The fourth-order valence-electron chi connectivity index (χ4n) is 1.41. The molecule has 0 aromatic heterocycles. The quantitative estimate of drug-likeness (QED) is 0.621. The molecular formula is C12H14ClN3O4. The number of carbonyl (C=O) groups excluding carboxylic acids is 2. The van der Waals surface area contributed by atoms with Gasteiger partial charge in [-0.1, -0.05) is 11.6 Å². The molecule has 0 spiro atoms. The summed E-state index contributed by atoms with van der Waals surface area (Å²) in [5, 5.41) is 10.6. The van der Waals surface area contributed by atoms with Crippen molar-refractivity contribution < 1.29 is 14.5 Å². The summed E-state index contributed by atoms with van der Waals surface area (Å²) in [5.41, 5.74) is -0.0788. The Morgan fingerprint density at radius 1 is 1.30 bits per heavy atom. The molecule has 8 heteroatoms. The normalized spacial score (nSPS) is 10.0. The molecule has 0 radical (unpaired) electrons. The first-order chi connectivity index (χ1) is 9.23. The van der Waals surface area contributed by atoms with Gasteiger partial charge in [0.25, 0.3) is 11.6 Å². The molecule has 1 aromatic rings. The third-order valence-corrected chi connectivity index (χ3v) is 2.92. The van der Waals surface area contributed by atoms with Crippen molar-refractivity contribution in [3.05, 3.63) is 38.9 Å². The molecule has 0 aliphatic rings. The van der Waals surface area contributed by atoms with E-state index in [0.717, 1.165) is 6.07 Å². The van der Waals surface area contributed by atoms with E-state index in [4.69, 9.17) is 11.6 Å². The predicted octanol–water partition coefficient (Wildman–Crippen LogP) is 1.41. The predicted molar refractivity (Wildman–Crippen MR) is 73.8 cm³/mol. The van der Waals surface area contributed by atoms with Crippen LogP contribution in [0.3, 0.4) is 0 Å². The number of likely N-dealkylation sites (N-methyl/N-ethyl adjacent to an activating group) is 2. The molecule has 0 fully saturated rings. The first-order valence-corrected chi connectivity index (χ1v) is 6.01. The van der Waals surface area contributed by atoms with Crippen LogP contribution in [0.1, 0.15) is 10.4 Å². The molecule has 0 atom stereocenters. The number of nitro benzene ring substituents is 1. The molecule has 0 saturated heterocycles. The topological polar surface area (TPSA) is 83.8 Å². The van der Waals surface area contributed by atoms with Gasteiger partial charge in [0.15, 0.2) is 0 Å². The van der Waals surface area contributed by atoms with Crippen LogP contribution in [0.25, 0.3) is 0 Å². The van der Waals surface area contributed by atoms with E-state index >= 15 is 0 Å². The maximum atomic E-state index is 12.1. The van der Waals surface area contributed by atoms with E-state index in [1.807, 2.05) is 0 Å². The molecule has 20 heavy (non-hydrogen) atoms. The Labute approximate surface area is 120 Å². The SMILES string of the molecule is CN(C)C(=O)CN(C)C(=O)c1ccc([N+](=O)[O-])cc1Cl. The van der Waals surface area contributed by atoms with Crippen LogP contribution in [0.5, 0.6) is 0 Å². The highest BCUT2D eigenvalue weighted by Crippen LogP contribution is 2.23. The van der Waals surface area contributed by atoms with Crippen LogP contribution in [0.15, 0.2) is 18.2 Å². The number of hydrogen-bond donors (Lipinski definition) is 0. The highest BCUT2D eigenvalue weighted by atomic mass is 35.5. The summed E-state index contributed by atoms with van der Waals surface area (Å²) in [6, 6.07) is 3.58. The van der Waals surface area contributed by atoms with E-state index in [2.05, 4.69) is 0 Å². The molecule has 0 aliphatic carbocycles. The van der Waals surface area contributed by atoms with Crippen molar-refractivity contribution in [3.63, 3.8) is 0 Å². The van der Waals surface area contributed by atoms with Gasteiger partial charge >= 0.3 is 0 Å². The second-order valence-corrected chi connectivity index (χ2v) is 4.78. The van der Waals surface area contributed by atoms with E-state index in [-0.39, 0.29) is 28.7 Å². The van der Waals surface area contributed by atoms with Gasteiger partial charge in [-0.25, -0.2) is 0 Å². The summed E-state index contributed by atoms with van der Waals surface area (Å²) in [6.45, 7) is -0.0981. The smallest absolute Gasteiger partial charge is 0.270 e. The van der Waals surface area contributed by atoms with Crippen LogP contribution in [0.4, 0.5) is 5.69 Å². The summed E-state index contributed by atoms with van der Waals surface area (Å²) < 4.78 is 0. The van der Waals surface area contributed by atoms with Crippen molar-refractivity contribution in [2.24, 2.45) is 0 Å². The zero-order chi connectivity index (χ0) is 15.4. The average Bonchev–Trinajstić information content (AvgIpc) is 2.37. The fraction of sp³-hybridized carbons (Fsp3) is 0.333. The van der Waals surface area contributed by atoms with Crippen molar-refractivity contribution >= 4 is 29.1 Å². The zero-order valence-electron chi connectivity index (χ0n) is 11.3. The number of amides is 2. The average molecular weight is 300 g/mol. The fourth-order valence-corrected chi connectivity index (χ4v) is 1.67. The molecule has 1 aromatic carbocycles. The van der Waals surface area contributed by atoms with Crippen molar-refractivity contribution in [1.82, 2.24) is 9.80 Å². The summed E-state index contributed by atoms with van der Waals surface area (Å²) >= 11 is 5.86. The van der Waals surface area contributed by atoms with Gasteiger partial charge in [-0.3, -0.25) is 19.7 Å². The van der Waals surface area contributed by atoms with E-state index in [0.29, 0.717) is 0 Å². The van der Waals surface area contributed by atoms with Gasteiger partial charge in [0, 0.05) is 33.3 Å². The summed E-state index contributed by atoms with van der Waals surface area (Å²) in [7, 11) is 4.63. The summed E-state index contributed by atoms with van der Waals surface area (Å²) in [6.07, 6.45) is 0. The Bertz CT molecular complexity index is 560. The second-order valence-electron chi connectivity index (χ2n) is 4.37. The number of nitro groups is 1. The Hall–Kier alpha value is -2.15. The van der Waals surface area contributed by atoms with Crippen LogP contribution in [0.2, 0.25) is 5.02 Å². The molecule has 0 aliphatic heterocycles. The molecule has 2 amide bonds. The molecule has 7 nitrogen and oxygen atoms in total. The molecule has 0 N–H and O–H groups in total. The lowest BCUT2D eigenvalue weighted by Crippen LogP contribution is -2.37. The number of benzene rings is 1. The van der Waals surface area contributed by atoms with Gasteiger partial charge in [-0.2, -0.15) is 0 Å². The molecule has 0 bridgehead atoms. The van der Waals surface area contributed by atoms with Crippen LogP contribution in [-0.4, -0.2) is 54.2 Å². The third-order valence-electron chi connectivity index (χ3n) is 2.61. The van der Waals surface area contributed by atoms with E-state index in [9.17, 15) is 19.7 Å². The Morgan fingerprint density at radius 3 is 2.35 bits per heavy atom. The standard InChI is InChI=1S/C12H14ClN3O4/c1-14(2)11(17)7-15(3)12(18)9-5-4-8(16(19)20)6-10(9)13/h4-6H,7H2,1-3H3. The minimum atomic E-state index is -0.598.